The summed E-state index contributed by atoms with van der Waals surface area (Å²) in [6.45, 7) is 3.87. The van der Waals surface area contributed by atoms with Crippen LogP contribution >= 0.6 is 0 Å². The number of hydrogen-bond donors (Lipinski definition) is 4. The Morgan fingerprint density at radius 3 is 2.89 bits per heavy atom. The van der Waals surface area contributed by atoms with Crippen molar-refractivity contribution in [2.75, 3.05) is 29.9 Å². The Morgan fingerprint density at radius 2 is 2.19 bits per heavy atom. The van der Waals surface area contributed by atoms with Crippen molar-refractivity contribution in [3.63, 3.8) is 0 Å². The first kappa shape index (κ1) is 17.3. The second kappa shape index (κ2) is 7.24. The van der Waals surface area contributed by atoms with E-state index in [4.69, 9.17) is 0 Å². The van der Waals surface area contributed by atoms with Crippen LogP contribution in [0.4, 0.5) is 16.6 Å². The fourth-order valence-electron chi connectivity index (χ4n) is 3.25. The average molecular weight is 366 g/mol. The number of β-amino-alcohol motifs (C(OH)–C–C–N with tert-alkyl or cyclic N) is 1. The van der Waals surface area contributed by atoms with Gasteiger partial charge in [-0.05, 0) is 43.2 Å². The van der Waals surface area contributed by atoms with Crippen LogP contribution in [0.3, 0.4) is 0 Å². The molecular formula is C19H22N6O2. The van der Waals surface area contributed by atoms with Gasteiger partial charge in [0.15, 0.2) is 0 Å². The topological polar surface area (TPSA) is 106 Å². The predicted octanol–water partition coefficient (Wildman–Crippen LogP) is 2.34. The molecule has 1 unspecified atom stereocenters. The number of hydrogen-bond acceptors (Lipinski definition) is 5. The van der Waals surface area contributed by atoms with Gasteiger partial charge in [-0.1, -0.05) is 6.07 Å². The minimum Gasteiger partial charge on any atom is -0.391 e. The Kier molecular flexibility index (Phi) is 4.64. The number of aromatic nitrogens is 3. The van der Waals surface area contributed by atoms with E-state index in [1.165, 1.54) is 0 Å². The fourth-order valence-corrected chi connectivity index (χ4v) is 3.25. The van der Waals surface area contributed by atoms with Crippen LogP contribution in [0.5, 0.6) is 0 Å². The van der Waals surface area contributed by atoms with Crippen molar-refractivity contribution in [3.8, 4) is 11.1 Å². The second-order valence-electron chi connectivity index (χ2n) is 6.60. The van der Waals surface area contributed by atoms with Crippen LogP contribution in [0.25, 0.3) is 22.2 Å². The minimum absolute atomic E-state index is 0.267. The maximum Gasteiger partial charge on any atom is 0.321 e. The number of aliphatic hydroxyl groups excluding tert-OH is 1. The molecule has 3 heterocycles. The number of aromatic amines is 1. The van der Waals surface area contributed by atoms with E-state index in [9.17, 15) is 9.90 Å². The van der Waals surface area contributed by atoms with Crippen LogP contribution in [0.1, 0.15) is 13.3 Å². The molecule has 27 heavy (non-hydrogen) atoms. The highest BCUT2D eigenvalue weighted by Gasteiger charge is 2.21. The first-order valence-corrected chi connectivity index (χ1v) is 9.06. The summed E-state index contributed by atoms with van der Waals surface area (Å²) >= 11 is 0. The summed E-state index contributed by atoms with van der Waals surface area (Å²) in [4.78, 5) is 25.7. The normalized spacial score (nSPS) is 16.7. The lowest BCUT2D eigenvalue weighted by Crippen LogP contribution is -2.28. The highest BCUT2D eigenvalue weighted by Crippen LogP contribution is 2.26. The summed E-state index contributed by atoms with van der Waals surface area (Å²) < 4.78 is 0. The van der Waals surface area contributed by atoms with Gasteiger partial charge in [0.2, 0.25) is 5.95 Å². The van der Waals surface area contributed by atoms with Crippen molar-refractivity contribution >= 4 is 28.8 Å². The molecule has 0 radical (unpaired) electrons. The van der Waals surface area contributed by atoms with Gasteiger partial charge in [0.1, 0.15) is 5.82 Å². The summed E-state index contributed by atoms with van der Waals surface area (Å²) in [5.74, 6) is 1.29. The van der Waals surface area contributed by atoms with Gasteiger partial charge in [-0.2, -0.15) is 0 Å². The maximum absolute atomic E-state index is 11.6. The van der Waals surface area contributed by atoms with Crippen LogP contribution in [0, 0.1) is 0 Å². The number of nitrogens with zero attached hydrogens (tertiary/aromatic N) is 3. The number of anilines is 2. The minimum atomic E-state index is -0.288. The summed E-state index contributed by atoms with van der Waals surface area (Å²) in [7, 11) is 0. The summed E-state index contributed by atoms with van der Waals surface area (Å²) in [6.07, 6.45) is 2.36. The van der Waals surface area contributed by atoms with Crippen LogP contribution in [0.2, 0.25) is 0 Å². The number of benzene rings is 1. The molecular weight excluding hydrogens is 344 g/mol. The lowest BCUT2D eigenvalue weighted by Gasteiger charge is -2.16. The number of imidazole rings is 1. The van der Waals surface area contributed by atoms with Gasteiger partial charge in [0.05, 0.1) is 17.1 Å². The second-order valence-corrected chi connectivity index (χ2v) is 6.60. The van der Waals surface area contributed by atoms with E-state index >= 15 is 0 Å². The third kappa shape index (κ3) is 3.70. The Hall–Kier alpha value is -3.13. The highest BCUT2D eigenvalue weighted by atomic mass is 16.3. The van der Waals surface area contributed by atoms with E-state index in [0.29, 0.717) is 19.0 Å². The van der Waals surface area contributed by atoms with Crippen LogP contribution in [-0.4, -0.2) is 51.8 Å². The van der Waals surface area contributed by atoms with Crippen LogP contribution in [-0.2, 0) is 0 Å². The van der Waals surface area contributed by atoms with Crippen molar-refractivity contribution in [1.29, 1.82) is 0 Å². The van der Waals surface area contributed by atoms with Gasteiger partial charge < -0.3 is 20.3 Å². The maximum atomic E-state index is 11.6. The molecule has 4 rings (SSSR count). The van der Waals surface area contributed by atoms with E-state index in [-0.39, 0.29) is 12.1 Å². The molecule has 0 saturated carbocycles. The van der Waals surface area contributed by atoms with E-state index < -0.39 is 0 Å². The lowest BCUT2D eigenvalue weighted by atomic mass is 10.1. The van der Waals surface area contributed by atoms with E-state index in [1.807, 2.05) is 43.5 Å². The van der Waals surface area contributed by atoms with E-state index in [1.54, 1.807) is 0 Å². The summed E-state index contributed by atoms with van der Waals surface area (Å²) in [6, 6.07) is 9.60. The number of amides is 2. The third-order valence-electron chi connectivity index (χ3n) is 4.62. The van der Waals surface area contributed by atoms with E-state index in [0.717, 1.165) is 40.9 Å². The Balaban J connectivity index is 1.54. The summed E-state index contributed by atoms with van der Waals surface area (Å²) in [5, 5.41) is 15.0. The number of carbonyl (C=O) groups excluding carboxylic acids is 1. The number of aliphatic hydroxyl groups is 1. The Morgan fingerprint density at radius 1 is 1.33 bits per heavy atom. The smallest absolute Gasteiger partial charge is 0.321 e. The highest BCUT2D eigenvalue weighted by molar-refractivity contribution is 5.90. The van der Waals surface area contributed by atoms with Gasteiger partial charge in [-0.15, -0.1) is 0 Å². The van der Waals surface area contributed by atoms with Crippen molar-refractivity contribution < 1.29 is 9.90 Å². The summed E-state index contributed by atoms with van der Waals surface area (Å²) in [5.41, 5.74) is 3.62. The molecule has 0 bridgehead atoms. The number of urea groups is 1. The monoisotopic (exact) mass is 366 g/mol. The molecule has 0 aliphatic carbocycles. The molecule has 0 spiro atoms. The number of nitrogens with one attached hydrogen (secondary N) is 3. The van der Waals surface area contributed by atoms with E-state index in [2.05, 4.69) is 30.5 Å². The molecule has 1 aliphatic heterocycles. The van der Waals surface area contributed by atoms with Crippen LogP contribution in [0.15, 0.2) is 36.5 Å². The predicted molar refractivity (Wildman–Crippen MR) is 105 cm³/mol. The van der Waals surface area contributed by atoms with Crippen molar-refractivity contribution in [1.82, 2.24) is 20.3 Å². The van der Waals surface area contributed by atoms with Gasteiger partial charge >= 0.3 is 6.03 Å². The molecule has 2 amide bonds. The number of H-pyrrole nitrogens is 1. The first-order chi connectivity index (χ1) is 13.1. The van der Waals surface area contributed by atoms with Gasteiger partial charge in [-0.25, -0.2) is 14.8 Å². The zero-order chi connectivity index (χ0) is 18.8. The molecule has 2 aromatic heterocycles. The van der Waals surface area contributed by atoms with Crippen LogP contribution < -0.4 is 15.5 Å². The number of carbonyl (C=O) groups is 1. The molecule has 140 valence electrons. The van der Waals surface area contributed by atoms with Gasteiger partial charge in [0.25, 0.3) is 0 Å². The Labute approximate surface area is 156 Å². The third-order valence-corrected chi connectivity index (χ3v) is 4.62. The molecule has 1 saturated heterocycles. The largest absolute Gasteiger partial charge is 0.391 e. The molecule has 3 aromatic rings. The molecule has 1 aromatic carbocycles. The number of fused-ring (bicyclic) bond motifs is 1. The average Bonchev–Trinajstić information content (AvgIpc) is 3.27. The lowest BCUT2D eigenvalue weighted by molar-refractivity contribution is 0.198. The zero-order valence-electron chi connectivity index (χ0n) is 15.1. The molecule has 1 fully saturated rings. The van der Waals surface area contributed by atoms with Crippen molar-refractivity contribution in [2.45, 2.75) is 19.4 Å². The fraction of sp³-hybridized carbons (Fsp3) is 0.316. The molecule has 1 aliphatic rings. The standard InChI is InChI=1S/C19H22N6O2/c1-2-20-19(27)24-18-22-15-5-3-12(9-16(15)23-18)13-4-6-17(21-10-13)25-8-7-14(26)11-25/h3-6,9-10,14,26H,2,7-8,11H2,1H3,(H3,20,22,23,24,27). The van der Waals surface area contributed by atoms with Gasteiger partial charge in [0, 0.05) is 31.4 Å². The van der Waals surface area contributed by atoms with Gasteiger partial charge in [-0.3, -0.25) is 5.32 Å². The molecule has 4 N–H and O–H groups in total. The Bertz CT molecular complexity index is 952. The number of rotatable bonds is 4. The molecule has 8 nitrogen and oxygen atoms in total. The van der Waals surface area contributed by atoms with Crippen molar-refractivity contribution in [2.24, 2.45) is 0 Å². The SMILES string of the molecule is CCNC(=O)Nc1nc2ccc(-c3ccc(N4CCC(O)C4)nc3)cc2[nH]1. The first-order valence-electron chi connectivity index (χ1n) is 9.06. The van der Waals surface area contributed by atoms with Crippen molar-refractivity contribution in [3.05, 3.63) is 36.5 Å². The zero-order valence-corrected chi connectivity index (χ0v) is 15.1. The number of pyridine rings is 1. The molecule has 1 atom stereocenters. The molecule has 8 heteroatoms. The quantitative estimate of drug-likeness (QED) is 0.567.